The highest BCUT2D eigenvalue weighted by Gasteiger charge is 2.44. The fourth-order valence-corrected chi connectivity index (χ4v) is 2.20. The maximum atomic E-state index is 12.4. The molecule has 0 spiro atoms. The number of nitrogens with zero attached hydrogens (tertiary/aromatic N) is 1. The first-order valence-corrected chi connectivity index (χ1v) is 6.17. The van der Waals surface area contributed by atoms with E-state index in [1.807, 2.05) is 0 Å². The van der Waals surface area contributed by atoms with E-state index in [0.717, 1.165) is 0 Å². The van der Waals surface area contributed by atoms with E-state index < -0.39 is 60.6 Å². The number of rotatable bonds is 3. The van der Waals surface area contributed by atoms with Gasteiger partial charge in [0.15, 0.2) is 0 Å². The molecule has 11 heteroatoms. The van der Waals surface area contributed by atoms with Crippen molar-refractivity contribution in [3.05, 3.63) is 32.6 Å². The molecule has 22 heavy (non-hydrogen) atoms. The Kier molecular flexibility index (Phi) is 4.42. The molecule has 4 atom stereocenters. The Morgan fingerprint density at radius 1 is 1.27 bits per heavy atom. The summed E-state index contributed by atoms with van der Waals surface area (Å²) in [4.78, 5) is 24.8. The first-order chi connectivity index (χ1) is 10.1. The number of aliphatic hydroxyl groups excluding tert-OH is 3. The number of hydrogen-bond donors (Lipinski definition) is 4. The van der Waals surface area contributed by atoms with E-state index >= 15 is 0 Å². The molecule has 1 aliphatic heterocycles. The zero-order valence-corrected chi connectivity index (χ0v) is 10.9. The Hall–Kier alpha value is -1.69. The van der Waals surface area contributed by atoms with Crippen molar-refractivity contribution in [2.45, 2.75) is 37.1 Å². The zero-order chi connectivity index (χ0) is 16.7. The lowest BCUT2D eigenvalue weighted by atomic mass is 10.0. The van der Waals surface area contributed by atoms with Crippen LogP contribution in [0.2, 0.25) is 0 Å². The summed E-state index contributed by atoms with van der Waals surface area (Å²) in [6.07, 6.45) is -9.87. The van der Waals surface area contributed by atoms with E-state index in [-0.39, 0.29) is 4.57 Å². The van der Waals surface area contributed by atoms with Gasteiger partial charge in [0, 0.05) is 6.20 Å². The molecule has 1 saturated heterocycles. The summed E-state index contributed by atoms with van der Waals surface area (Å²) >= 11 is 0. The van der Waals surface area contributed by atoms with Crippen LogP contribution < -0.4 is 11.2 Å². The van der Waals surface area contributed by atoms with E-state index in [1.54, 1.807) is 4.98 Å². The summed E-state index contributed by atoms with van der Waals surface area (Å²) in [6, 6.07) is 0. The molecule has 1 aromatic heterocycles. The van der Waals surface area contributed by atoms with Crippen molar-refractivity contribution in [3.8, 4) is 0 Å². The number of ether oxygens (including phenoxy) is 1. The summed E-state index contributed by atoms with van der Waals surface area (Å²) in [5.41, 5.74) is -2.76. The van der Waals surface area contributed by atoms with Gasteiger partial charge in [-0.1, -0.05) is 0 Å². The van der Waals surface area contributed by atoms with Gasteiger partial charge in [0.25, 0.3) is 5.56 Å². The van der Waals surface area contributed by atoms with Crippen molar-refractivity contribution in [2.75, 3.05) is 6.61 Å². The van der Waals surface area contributed by atoms with Gasteiger partial charge in [-0.3, -0.25) is 14.3 Å². The number of aliphatic hydroxyl groups is 3. The van der Waals surface area contributed by atoms with Gasteiger partial charge in [0.05, 0.1) is 12.2 Å². The average molecular weight is 326 g/mol. The smallest absolute Gasteiger partial charge is 0.394 e. The van der Waals surface area contributed by atoms with Crippen molar-refractivity contribution < 1.29 is 33.2 Å². The molecule has 0 saturated carbocycles. The maximum Gasteiger partial charge on any atom is 0.406 e. The topological polar surface area (TPSA) is 125 Å². The first-order valence-electron chi connectivity index (χ1n) is 6.17. The van der Waals surface area contributed by atoms with Crippen LogP contribution in [0.25, 0.3) is 0 Å². The van der Waals surface area contributed by atoms with Crippen molar-refractivity contribution in [3.63, 3.8) is 0 Å². The lowest BCUT2D eigenvalue weighted by Crippen LogP contribution is -2.38. The average Bonchev–Trinajstić information content (AvgIpc) is 2.68. The Labute approximate surface area is 120 Å². The Balaban J connectivity index is 2.42. The van der Waals surface area contributed by atoms with Crippen LogP contribution in [0.15, 0.2) is 15.8 Å². The van der Waals surface area contributed by atoms with Crippen LogP contribution in [-0.2, 0) is 11.3 Å². The van der Waals surface area contributed by atoms with E-state index in [1.165, 1.54) is 0 Å². The molecule has 0 amide bonds. The van der Waals surface area contributed by atoms with Gasteiger partial charge in [-0.2, -0.15) is 13.2 Å². The molecule has 0 radical (unpaired) electrons. The van der Waals surface area contributed by atoms with E-state index in [9.17, 15) is 33.0 Å². The third-order valence-corrected chi connectivity index (χ3v) is 3.24. The highest BCUT2D eigenvalue weighted by Crippen LogP contribution is 2.31. The van der Waals surface area contributed by atoms with E-state index in [0.29, 0.717) is 6.20 Å². The summed E-state index contributed by atoms with van der Waals surface area (Å²) in [5, 5.41) is 28.3. The van der Waals surface area contributed by atoms with Crippen LogP contribution >= 0.6 is 0 Å². The monoisotopic (exact) mass is 326 g/mol. The van der Waals surface area contributed by atoms with Crippen LogP contribution in [0, 0.1) is 0 Å². The van der Waals surface area contributed by atoms with Crippen LogP contribution in [0.4, 0.5) is 13.2 Å². The van der Waals surface area contributed by atoms with E-state index in [4.69, 9.17) is 9.84 Å². The molecule has 4 unspecified atom stereocenters. The predicted octanol–water partition coefficient (Wildman–Crippen LogP) is -1.75. The van der Waals surface area contributed by atoms with Crippen LogP contribution in [-0.4, -0.2) is 56.0 Å². The lowest BCUT2D eigenvalue weighted by Gasteiger charge is -2.16. The normalized spacial score (nSPS) is 29.0. The van der Waals surface area contributed by atoms with Crippen molar-refractivity contribution >= 4 is 0 Å². The summed E-state index contributed by atoms with van der Waals surface area (Å²) < 4.78 is 42.4. The maximum absolute atomic E-state index is 12.4. The summed E-state index contributed by atoms with van der Waals surface area (Å²) in [5.74, 6) is 0. The van der Waals surface area contributed by atoms with Gasteiger partial charge in [-0.25, -0.2) is 4.79 Å². The fourth-order valence-electron chi connectivity index (χ4n) is 2.20. The fraction of sp³-hybridized carbons (Fsp3) is 0.636. The molecule has 2 heterocycles. The largest absolute Gasteiger partial charge is 0.406 e. The molecular weight excluding hydrogens is 313 g/mol. The highest BCUT2D eigenvalue weighted by molar-refractivity contribution is 5.14. The highest BCUT2D eigenvalue weighted by atomic mass is 19.4. The van der Waals surface area contributed by atoms with Crippen LogP contribution in [0.5, 0.6) is 0 Å². The second-order valence-electron chi connectivity index (χ2n) is 4.85. The quantitative estimate of drug-likeness (QED) is 0.522. The molecule has 124 valence electrons. The summed E-state index contributed by atoms with van der Waals surface area (Å²) in [7, 11) is 0. The Morgan fingerprint density at radius 3 is 2.41 bits per heavy atom. The molecule has 1 aromatic rings. The number of aromatic nitrogens is 2. The van der Waals surface area contributed by atoms with Gasteiger partial charge in [-0.15, -0.1) is 0 Å². The van der Waals surface area contributed by atoms with Crippen LogP contribution in [0.3, 0.4) is 0 Å². The second kappa shape index (κ2) is 5.83. The zero-order valence-electron chi connectivity index (χ0n) is 10.9. The van der Waals surface area contributed by atoms with Gasteiger partial charge in [0.1, 0.15) is 31.0 Å². The number of nitrogens with one attached hydrogen (secondary N) is 1. The van der Waals surface area contributed by atoms with Gasteiger partial charge < -0.3 is 20.1 Å². The predicted molar refractivity (Wildman–Crippen MR) is 64.1 cm³/mol. The van der Waals surface area contributed by atoms with Crippen molar-refractivity contribution in [1.82, 2.24) is 9.55 Å². The van der Waals surface area contributed by atoms with Gasteiger partial charge in [-0.05, 0) is 0 Å². The number of halogens is 3. The third-order valence-electron chi connectivity index (χ3n) is 3.24. The molecule has 1 fully saturated rings. The molecule has 0 aromatic carbocycles. The standard InChI is InChI=1S/C11H13F3N2O6/c12-11(13,14)3-16-1-4(9(20)15-10(16)21)8-7(19)6(18)5(2-17)22-8/h1,5-8,17-19H,2-3H2,(H,15,20,21). The number of hydrogen-bond acceptors (Lipinski definition) is 6. The van der Waals surface area contributed by atoms with Crippen LogP contribution in [0.1, 0.15) is 11.7 Å². The molecular formula is C11H13F3N2O6. The van der Waals surface area contributed by atoms with Crippen molar-refractivity contribution in [2.24, 2.45) is 0 Å². The molecule has 1 aliphatic rings. The minimum Gasteiger partial charge on any atom is -0.394 e. The molecule has 0 bridgehead atoms. The third kappa shape index (κ3) is 3.21. The van der Waals surface area contributed by atoms with Gasteiger partial charge in [0.2, 0.25) is 0 Å². The molecule has 8 nitrogen and oxygen atoms in total. The SMILES string of the molecule is O=c1[nH]c(=O)n(CC(F)(F)F)cc1C1OC(CO)C(O)C1O. The number of H-pyrrole nitrogens is 1. The number of aromatic amines is 1. The first kappa shape index (κ1) is 16.7. The minimum atomic E-state index is -4.69. The van der Waals surface area contributed by atoms with E-state index in [2.05, 4.69) is 0 Å². The Bertz CT molecular complexity index is 654. The molecule has 4 N–H and O–H groups in total. The number of alkyl halides is 3. The lowest BCUT2D eigenvalue weighted by molar-refractivity contribution is -0.141. The van der Waals surface area contributed by atoms with Gasteiger partial charge >= 0.3 is 11.9 Å². The summed E-state index contributed by atoms with van der Waals surface area (Å²) in [6.45, 7) is -2.29. The minimum absolute atomic E-state index is 0.214. The Morgan fingerprint density at radius 2 is 1.91 bits per heavy atom. The van der Waals surface area contributed by atoms with Crippen molar-refractivity contribution in [1.29, 1.82) is 0 Å². The second-order valence-corrected chi connectivity index (χ2v) is 4.85. The molecule has 0 aliphatic carbocycles. The molecule has 2 rings (SSSR count).